The standard InChI is InChI=1S/C24H23N5O4S/c25-24-23(22-12-20(29-33-22)15-3-7-17(30)8-4-15)28-21(14-27-24)16-5-9-18(10-6-16)34(31,32)19-2-1-11-26-13-19/h3-10,12,14,19,26,30H,1-2,11,13H2,(H2,25,27). The van der Waals surface area contributed by atoms with Gasteiger partial charge in [0.1, 0.15) is 11.4 Å². The first-order chi connectivity index (χ1) is 16.4. The number of nitrogens with zero attached hydrogens (tertiary/aromatic N) is 3. The van der Waals surface area contributed by atoms with Gasteiger partial charge in [-0.05, 0) is 55.8 Å². The number of sulfone groups is 1. The van der Waals surface area contributed by atoms with Crippen molar-refractivity contribution in [1.82, 2.24) is 20.4 Å². The summed E-state index contributed by atoms with van der Waals surface area (Å²) in [6, 6.07) is 14.9. The van der Waals surface area contributed by atoms with E-state index >= 15 is 0 Å². The fourth-order valence-corrected chi connectivity index (χ4v) is 5.68. The van der Waals surface area contributed by atoms with Gasteiger partial charge in [-0.3, -0.25) is 0 Å². The smallest absolute Gasteiger partial charge is 0.189 e. The van der Waals surface area contributed by atoms with Crippen molar-refractivity contribution in [2.75, 3.05) is 18.8 Å². The number of phenolic OH excluding ortho intramolecular Hbond substituents is 1. The van der Waals surface area contributed by atoms with E-state index in [1.807, 2.05) is 0 Å². The predicted molar refractivity (Wildman–Crippen MR) is 128 cm³/mol. The summed E-state index contributed by atoms with van der Waals surface area (Å²) in [6.45, 7) is 1.32. The Balaban J connectivity index is 1.42. The number of hydrogen-bond acceptors (Lipinski definition) is 9. The van der Waals surface area contributed by atoms with Crippen LogP contribution in [0.3, 0.4) is 0 Å². The van der Waals surface area contributed by atoms with E-state index < -0.39 is 15.1 Å². The van der Waals surface area contributed by atoms with E-state index in [-0.39, 0.29) is 11.6 Å². The minimum atomic E-state index is -3.40. The Morgan fingerprint density at radius 2 is 1.74 bits per heavy atom. The van der Waals surface area contributed by atoms with Crippen molar-refractivity contribution < 1.29 is 18.0 Å². The zero-order valence-electron chi connectivity index (χ0n) is 18.2. The molecule has 174 valence electrons. The molecule has 9 nitrogen and oxygen atoms in total. The quantitative estimate of drug-likeness (QED) is 0.394. The molecule has 0 saturated carbocycles. The Kier molecular flexibility index (Phi) is 5.76. The van der Waals surface area contributed by atoms with E-state index in [0.717, 1.165) is 18.5 Å². The number of aromatic hydroxyl groups is 1. The Hall–Kier alpha value is -3.76. The van der Waals surface area contributed by atoms with E-state index in [0.29, 0.717) is 46.3 Å². The molecule has 1 fully saturated rings. The third-order valence-electron chi connectivity index (χ3n) is 5.88. The molecule has 1 aliphatic heterocycles. The Morgan fingerprint density at radius 1 is 1.03 bits per heavy atom. The van der Waals surface area contributed by atoms with Crippen molar-refractivity contribution in [3.63, 3.8) is 0 Å². The monoisotopic (exact) mass is 477 g/mol. The second kappa shape index (κ2) is 8.88. The van der Waals surface area contributed by atoms with Gasteiger partial charge in [-0.25, -0.2) is 18.4 Å². The molecule has 1 atom stereocenters. The first kappa shape index (κ1) is 22.1. The first-order valence-electron chi connectivity index (χ1n) is 10.9. The van der Waals surface area contributed by atoms with Crippen molar-refractivity contribution in [1.29, 1.82) is 0 Å². The van der Waals surface area contributed by atoms with Crippen LogP contribution in [0, 0.1) is 0 Å². The molecular formula is C24H23N5O4S. The van der Waals surface area contributed by atoms with Crippen LogP contribution in [0.15, 0.2) is 70.2 Å². The molecular weight excluding hydrogens is 454 g/mol. The normalized spacial score (nSPS) is 16.4. The van der Waals surface area contributed by atoms with Gasteiger partial charge in [0.15, 0.2) is 27.1 Å². The van der Waals surface area contributed by atoms with E-state index in [4.69, 9.17) is 10.3 Å². The molecule has 2 aromatic carbocycles. The van der Waals surface area contributed by atoms with Gasteiger partial charge in [0.05, 0.1) is 22.0 Å². The van der Waals surface area contributed by atoms with Crippen LogP contribution in [0.25, 0.3) is 34.0 Å². The van der Waals surface area contributed by atoms with E-state index in [1.54, 1.807) is 54.6 Å². The van der Waals surface area contributed by atoms with Gasteiger partial charge in [0.2, 0.25) is 0 Å². The third kappa shape index (κ3) is 4.25. The number of piperidine rings is 1. The number of aromatic nitrogens is 3. The molecule has 5 rings (SSSR count). The lowest BCUT2D eigenvalue weighted by Crippen LogP contribution is -2.38. The molecule has 0 bridgehead atoms. The summed E-state index contributed by atoms with van der Waals surface area (Å²) in [4.78, 5) is 9.13. The van der Waals surface area contributed by atoms with Gasteiger partial charge < -0.3 is 20.7 Å². The van der Waals surface area contributed by atoms with Crippen LogP contribution in [0.1, 0.15) is 12.8 Å². The van der Waals surface area contributed by atoms with Crippen LogP contribution in [0.4, 0.5) is 5.82 Å². The molecule has 0 amide bonds. The number of nitrogen functional groups attached to an aromatic ring is 1. The lowest BCUT2D eigenvalue weighted by atomic mass is 10.1. The summed E-state index contributed by atoms with van der Waals surface area (Å²) in [7, 11) is -3.40. The number of phenols is 1. The molecule has 0 radical (unpaired) electrons. The number of nitrogens with one attached hydrogen (secondary N) is 1. The van der Waals surface area contributed by atoms with Crippen molar-refractivity contribution in [3.05, 3.63) is 60.8 Å². The van der Waals surface area contributed by atoms with Crippen LogP contribution >= 0.6 is 0 Å². The van der Waals surface area contributed by atoms with Crippen molar-refractivity contribution in [2.45, 2.75) is 23.0 Å². The average molecular weight is 478 g/mol. The maximum Gasteiger partial charge on any atom is 0.189 e. The molecule has 0 aliphatic carbocycles. The highest BCUT2D eigenvalue weighted by Gasteiger charge is 2.28. The Morgan fingerprint density at radius 3 is 2.44 bits per heavy atom. The lowest BCUT2D eigenvalue weighted by Gasteiger charge is -2.22. The second-order valence-electron chi connectivity index (χ2n) is 8.15. The molecule has 2 aromatic heterocycles. The maximum atomic E-state index is 12.9. The van der Waals surface area contributed by atoms with Gasteiger partial charge in [-0.15, -0.1) is 0 Å². The van der Waals surface area contributed by atoms with Crippen LogP contribution in [0.5, 0.6) is 5.75 Å². The van der Waals surface area contributed by atoms with E-state index in [1.165, 1.54) is 6.20 Å². The van der Waals surface area contributed by atoms with Crippen molar-refractivity contribution in [3.8, 4) is 39.7 Å². The highest BCUT2D eigenvalue weighted by Crippen LogP contribution is 2.31. The van der Waals surface area contributed by atoms with Gasteiger partial charge in [-0.1, -0.05) is 17.3 Å². The number of benzene rings is 2. The topological polar surface area (TPSA) is 144 Å². The summed E-state index contributed by atoms with van der Waals surface area (Å²) in [5.74, 6) is 0.685. The summed E-state index contributed by atoms with van der Waals surface area (Å²) >= 11 is 0. The molecule has 34 heavy (non-hydrogen) atoms. The molecule has 3 heterocycles. The average Bonchev–Trinajstić information content (AvgIpc) is 3.35. The van der Waals surface area contributed by atoms with Crippen LogP contribution in [-0.4, -0.2) is 47.0 Å². The summed E-state index contributed by atoms with van der Waals surface area (Å²) < 4.78 is 31.3. The van der Waals surface area contributed by atoms with Crippen LogP contribution < -0.4 is 11.1 Å². The third-order valence-corrected chi connectivity index (χ3v) is 8.09. The minimum Gasteiger partial charge on any atom is -0.508 e. The fraction of sp³-hybridized carbons (Fsp3) is 0.208. The Bertz CT molecular complexity index is 1410. The molecule has 1 unspecified atom stereocenters. The summed E-state index contributed by atoms with van der Waals surface area (Å²) in [5.41, 5.74) is 8.94. The van der Waals surface area contributed by atoms with Gasteiger partial charge in [0.25, 0.3) is 0 Å². The molecule has 4 N–H and O–H groups in total. The van der Waals surface area contributed by atoms with Crippen LogP contribution in [0.2, 0.25) is 0 Å². The Labute approximate surface area is 196 Å². The molecule has 4 aromatic rings. The molecule has 1 saturated heterocycles. The van der Waals surface area contributed by atoms with E-state index in [9.17, 15) is 13.5 Å². The zero-order valence-corrected chi connectivity index (χ0v) is 19.0. The fourth-order valence-electron chi connectivity index (χ4n) is 3.97. The number of nitrogens with two attached hydrogens (primary N) is 1. The number of rotatable bonds is 5. The maximum absolute atomic E-state index is 12.9. The lowest BCUT2D eigenvalue weighted by molar-refractivity contribution is 0.433. The largest absolute Gasteiger partial charge is 0.508 e. The number of anilines is 1. The molecule has 1 aliphatic rings. The SMILES string of the molecule is Nc1ncc(-c2ccc(S(=O)(=O)C3CCCNC3)cc2)nc1-c1cc(-c2ccc(O)cc2)no1. The highest BCUT2D eigenvalue weighted by molar-refractivity contribution is 7.92. The van der Waals surface area contributed by atoms with Crippen molar-refractivity contribution >= 4 is 15.7 Å². The molecule has 0 spiro atoms. The zero-order chi connectivity index (χ0) is 23.7. The summed E-state index contributed by atoms with van der Waals surface area (Å²) in [5, 5.41) is 16.3. The first-order valence-corrected chi connectivity index (χ1v) is 12.4. The minimum absolute atomic E-state index is 0.157. The summed E-state index contributed by atoms with van der Waals surface area (Å²) in [6.07, 6.45) is 3.04. The number of hydrogen-bond donors (Lipinski definition) is 3. The highest BCUT2D eigenvalue weighted by atomic mass is 32.2. The van der Waals surface area contributed by atoms with Crippen molar-refractivity contribution in [2.24, 2.45) is 0 Å². The van der Waals surface area contributed by atoms with Gasteiger partial charge in [-0.2, -0.15) is 0 Å². The van der Waals surface area contributed by atoms with E-state index in [2.05, 4.69) is 20.4 Å². The van der Waals surface area contributed by atoms with Gasteiger partial charge in [0, 0.05) is 23.7 Å². The van der Waals surface area contributed by atoms with Crippen LogP contribution in [-0.2, 0) is 9.84 Å². The second-order valence-corrected chi connectivity index (χ2v) is 10.4. The van der Waals surface area contributed by atoms with Gasteiger partial charge >= 0.3 is 0 Å². The molecule has 10 heteroatoms. The predicted octanol–water partition coefficient (Wildman–Crippen LogP) is 3.28.